The molecular formula is C16H21NO3. The highest BCUT2D eigenvalue weighted by molar-refractivity contribution is 5.95. The zero-order valence-corrected chi connectivity index (χ0v) is 11.9. The first-order valence-corrected chi connectivity index (χ1v) is 7.32. The average molecular weight is 275 g/mol. The van der Waals surface area contributed by atoms with E-state index in [1.54, 1.807) is 17.0 Å². The number of anilines is 1. The van der Waals surface area contributed by atoms with Gasteiger partial charge in [0, 0.05) is 25.1 Å². The SMILES string of the molecule is CCCCCC(=O)Oc1ccc(N2CCCC2=O)cc1. The third kappa shape index (κ3) is 3.83. The van der Waals surface area contributed by atoms with Crippen molar-refractivity contribution in [3.63, 3.8) is 0 Å². The molecule has 0 bridgehead atoms. The predicted molar refractivity (Wildman–Crippen MR) is 77.8 cm³/mol. The Balaban J connectivity index is 1.88. The molecule has 0 aromatic heterocycles. The van der Waals surface area contributed by atoms with Crippen LogP contribution in [0, 0.1) is 0 Å². The van der Waals surface area contributed by atoms with E-state index in [1.165, 1.54) is 0 Å². The molecule has 4 heteroatoms. The van der Waals surface area contributed by atoms with Crippen molar-refractivity contribution in [3.05, 3.63) is 24.3 Å². The van der Waals surface area contributed by atoms with Crippen LogP contribution in [0.3, 0.4) is 0 Å². The number of rotatable bonds is 6. The summed E-state index contributed by atoms with van der Waals surface area (Å²) in [5.41, 5.74) is 0.873. The average Bonchev–Trinajstić information content (AvgIpc) is 2.86. The van der Waals surface area contributed by atoms with Crippen LogP contribution in [0.2, 0.25) is 0 Å². The molecule has 20 heavy (non-hydrogen) atoms. The molecule has 1 amide bonds. The number of ether oxygens (including phenoxy) is 1. The van der Waals surface area contributed by atoms with Crippen molar-refractivity contribution in [1.82, 2.24) is 0 Å². The van der Waals surface area contributed by atoms with Gasteiger partial charge in [-0.2, -0.15) is 0 Å². The van der Waals surface area contributed by atoms with Gasteiger partial charge < -0.3 is 9.64 Å². The standard InChI is InChI=1S/C16H21NO3/c1-2-3-4-7-16(19)20-14-10-8-13(9-11-14)17-12-5-6-15(17)18/h8-11H,2-7,12H2,1H3. The van der Waals surface area contributed by atoms with Crippen molar-refractivity contribution in [3.8, 4) is 5.75 Å². The molecule has 0 radical (unpaired) electrons. The second-order valence-electron chi connectivity index (χ2n) is 5.07. The van der Waals surface area contributed by atoms with Gasteiger partial charge in [0.2, 0.25) is 5.91 Å². The number of nitrogens with zero attached hydrogens (tertiary/aromatic N) is 1. The van der Waals surface area contributed by atoms with Gasteiger partial charge in [-0.1, -0.05) is 19.8 Å². The van der Waals surface area contributed by atoms with E-state index in [-0.39, 0.29) is 11.9 Å². The van der Waals surface area contributed by atoms with Gasteiger partial charge >= 0.3 is 5.97 Å². The molecule has 1 aromatic carbocycles. The Morgan fingerprint density at radius 3 is 2.60 bits per heavy atom. The zero-order chi connectivity index (χ0) is 14.4. The number of amides is 1. The summed E-state index contributed by atoms with van der Waals surface area (Å²) >= 11 is 0. The second-order valence-corrected chi connectivity index (χ2v) is 5.07. The van der Waals surface area contributed by atoms with Gasteiger partial charge in [-0.25, -0.2) is 0 Å². The Labute approximate surface area is 119 Å². The number of hydrogen-bond donors (Lipinski definition) is 0. The lowest BCUT2D eigenvalue weighted by Gasteiger charge is -2.15. The molecular weight excluding hydrogens is 254 g/mol. The fourth-order valence-corrected chi connectivity index (χ4v) is 2.32. The molecule has 0 saturated carbocycles. The van der Waals surface area contributed by atoms with Crippen molar-refractivity contribution in [1.29, 1.82) is 0 Å². The van der Waals surface area contributed by atoms with Gasteiger partial charge in [0.15, 0.2) is 0 Å². The van der Waals surface area contributed by atoms with Crippen molar-refractivity contribution in [2.24, 2.45) is 0 Å². The van der Waals surface area contributed by atoms with E-state index >= 15 is 0 Å². The summed E-state index contributed by atoms with van der Waals surface area (Å²) in [5.74, 6) is 0.514. The van der Waals surface area contributed by atoms with Gasteiger partial charge in [-0.05, 0) is 37.1 Å². The Hall–Kier alpha value is -1.84. The highest BCUT2D eigenvalue weighted by Crippen LogP contribution is 2.24. The van der Waals surface area contributed by atoms with Gasteiger partial charge in [0.05, 0.1) is 0 Å². The van der Waals surface area contributed by atoms with E-state index in [0.29, 0.717) is 18.6 Å². The summed E-state index contributed by atoms with van der Waals surface area (Å²) in [4.78, 5) is 25.0. The molecule has 1 fully saturated rings. The number of hydrogen-bond acceptors (Lipinski definition) is 3. The topological polar surface area (TPSA) is 46.6 Å². The first kappa shape index (κ1) is 14.6. The lowest BCUT2D eigenvalue weighted by Crippen LogP contribution is -2.23. The molecule has 0 aliphatic carbocycles. The van der Waals surface area contributed by atoms with Crippen LogP contribution in [-0.4, -0.2) is 18.4 Å². The van der Waals surface area contributed by atoms with E-state index < -0.39 is 0 Å². The van der Waals surface area contributed by atoms with Crippen molar-refractivity contribution in [2.45, 2.75) is 45.4 Å². The summed E-state index contributed by atoms with van der Waals surface area (Å²) in [7, 11) is 0. The minimum absolute atomic E-state index is 0.161. The van der Waals surface area contributed by atoms with Gasteiger partial charge in [0.1, 0.15) is 5.75 Å². The fourth-order valence-electron chi connectivity index (χ4n) is 2.32. The van der Waals surface area contributed by atoms with Crippen LogP contribution in [0.5, 0.6) is 5.75 Å². The van der Waals surface area contributed by atoms with Gasteiger partial charge in [-0.3, -0.25) is 9.59 Å². The zero-order valence-electron chi connectivity index (χ0n) is 11.9. The highest BCUT2D eigenvalue weighted by atomic mass is 16.5. The van der Waals surface area contributed by atoms with E-state index in [9.17, 15) is 9.59 Å². The molecule has 2 rings (SSSR count). The smallest absolute Gasteiger partial charge is 0.311 e. The third-order valence-corrected chi connectivity index (χ3v) is 3.44. The summed E-state index contributed by atoms with van der Waals surface area (Å²) in [6, 6.07) is 7.16. The number of carbonyl (C=O) groups excluding carboxylic acids is 2. The lowest BCUT2D eigenvalue weighted by molar-refractivity contribution is -0.134. The monoisotopic (exact) mass is 275 g/mol. The summed E-state index contributed by atoms with van der Waals surface area (Å²) in [6.45, 7) is 2.87. The van der Waals surface area contributed by atoms with Crippen LogP contribution >= 0.6 is 0 Å². The van der Waals surface area contributed by atoms with E-state index in [1.807, 2.05) is 12.1 Å². The van der Waals surface area contributed by atoms with Crippen molar-refractivity contribution < 1.29 is 14.3 Å². The Bertz CT molecular complexity index is 467. The number of unbranched alkanes of at least 4 members (excludes halogenated alkanes) is 2. The molecule has 1 heterocycles. The maximum Gasteiger partial charge on any atom is 0.311 e. The van der Waals surface area contributed by atoms with Crippen LogP contribution in [0.4, 0.5) is 5.69 Å². The maximum atomic E-state index is 11.6. The highest BCUT2D eigenvalue weighted by Gasteiger charge is 2.21. The van der Waals surface area contributed by atoms with Crippen molar-refractivity contribution >= 4 is 17.6 Å². The molecule has 4 nitrogen and oxygen atoms in total. The molecule has 0 spiro atoms. The summed E-state index contributed by atoms with van der Waals surface area (Å²) in [6.07, 6.45) is 4.99. The predicted octanol–water partition coefficient (Wildman–Crippen LogP) is 3.30. The molecule has 0 unspecified atom stereocenters. The number of carbonyl (C=O) groups is 2. The molecule has 1 saturated heterocycles. The second kappa shape index (κ2) is 7.08. The minimum Gasteiger partial charge on any atom is -0.427 e. The summed E-state index contributed by atoms with van der Waals surface area (Å²) < 4.78 is 5.26. The van der Waals surface area contributed by atoms with Gasteiger partial charge in [0.25, 0.3) is 0 Å². The molecule has 1 aliphatic rings. The quantitative estimate of drug-likeness (QED) is 0.454. The normalized spacial score (nSPS) is 14.7. The summed E-state index contributed by atoms with van der Waals surface area (Å²) in [5, 5.41) is 0. The number of benzene rings is 1. The van der Waals surface area contributed by atoms with Crippen molar-refractivity contribution in [2.75, 3.05) is 11.4 Å². The molecule has 0 N–H and O–H groups in total. The van der Waals surface area contributed by atoms with Crippen LogP contribution in [0.15, 0.2) is 24.3 Å². The maximum absolute atomic E-state index is 11.6. The third-order valence-electron chi connectivity index (χ3n) is 3.44. The largest absolute Gasteiger partial charge is 0.427 e. The first-order chi connectivity index (χ1) is 9.70. The lowest BCUT2D eigenvalue weighted by atomic mass is 10.2. The first-order valence-electron chi connectivity index (χ1n) is 7.32. The fraction of sp³-hybridized carbons (Fsp3) is 0.500. The van der Waals surface area contributed by atoms with Crippen LogP contribution in [0.25, 0.3) is 0 Å². The molecule has 108 valence electrons. The van der Waals surface area contributed by atoms with E-state index in [0.717, 1.165) is 37.9 Å². The molecule has 0 atom stereocenters. The van der Waals surface area contributed by atoms with Crippen LogP contribution in [0.1, 0.15) is 45.4 Å². The molecule has 1 aliphatic heterocycles. The Morgan fingerprint density at radius 1 is 1.25 bits per heavy atom. The van der Waals surface area contributed by atoms with Gasteiger partial charge in [-0.15, -0.1) is 0 Å². The molecule has 1 aromatic rings. The Morgan fingerprint density at radius 2 is 2.00 bits per heavy atom. The van der Waals surface area contributed by atoms with Crippen LogP contribution in [-0.2, 0) is 9.59 Å². The minimum atomic E-state index is -0.191. The Kier molecular flexibility index (Phi) is 5.16. The van der Waals surface area contributed by atoms with Crippen LogP contribution < -0.4 is 9.64 Å². The van der Waals surface area contributed by atoms with E-state index in [2.05, 4.69) is 6.92 Å². The van der Waals surface area contributed by atoms with E-state index in [4.69, 9.17) is 4.74 Å². The number of esters is 1.